The van der Waals surface area contributed by atoms with E-state index in [0.717, 1.165) is 12.0 Å². The minimum atomic E-state index is 0.848. The molecule has 0 radical (unpaired) electrons. The maximum atomic E-state index is 3.66. The fourth-order valence-corrected chi connectivity index (χ4v) is 2.53. The fourth-order valence-electron chi connectivity index (χ4n) is 2.53. The normalized spacial score (nSPS) is 33.5. The van der Waals surface area contributed by atoms with Crippen molar-refractivity contribution < 1.29 is 0 Å². The van der Waals surface area contributed by atoms with Crippen LogP contribution >= 0.6 is 0 Å². The van der Waals surface area contributed by atoms with Crippen LogP contribution < -0.4 is 10.6 Å². The van der Waals surface area contributed by atoms with Gasteiger partial charge in [0.2, 0.25) is 0 Å². The van der Waals surface area contributed by atoms with Crippen LogP contribution in [-0.4, -0.2) is 25.7 Å². The molecule has 1 atom stereocenters. The molecule has 2 heterocycles. The topological polar surface area (TPSA) is 24.1 Å². The van der Waals surface area contributed by atoms with Crippen LogP contribution in [0.1, 0.15) is 32.1 Å². The third-order valence-corrected chi connectivity index (χ3v) is 3.30. The number of hydrogen-bond acceptors (Lipinski definition) is 2. The van der Waals surface area contributed by atoms with Gasteiger partial charge in [-0.25, -0.2) is 0 Å². The molecule has 2 rings (SSSR count). The first kappa shape index (κ1) is 8.52. The van der Waals surface area contributed by atoms with E-state index in [0.29, 0.717) is 0 Å². The van der Waals surface area contributed by atoms with Crippen LogP contribution in [0.2, 0.25) is 0 Å². The van der Waals surface area contributed by atoms with Crippen LogP contribution in [0.25, 0.3) is 0 Å². The second kappa shape index (κ2) is 4.24. The van der Waals surface area contributed by atoms with Crippen LogP contribution in [0.4, 0.5) is 0 Å². The maximum Gasteiger partial charge on any atom is 0.00962 e. The Kier molecular flexibility index (Phi) is 3.01. The molecule has 0 amide bonds. The summed E-state index contributed by atoms with van der Waals surface area (Å²) in [5.74, 6) is 0.964. The maximum absolute atomic E-state index is 3.66. The van der Waals surface area contributed by atoms with Crippen LogP contribution in [0.15, 0.2) is 0 Å². The molecule has 2 aliphatic heterocycles. The van der Waals surface area contributed by atoms with E-state index in [2.05, 4.69) is 10.6 Å². The van der Waals surface area contributed by atoms with E-state index in [4.69, 9.17) is 0 Å². The van der Waals surface area contributed by atoms with Gasteiger partial charge >= 0.3 is 0 Å². The Morgan fingerprint density at radius 2 is 1.67 bits per heavy atom. The Labute approximate surface area is 75.1 Å². The van der Waals surface area contributed by atoms with Crippen molar-refractivity contribution in [2.24, 2.45) is 5.92 Å². The van der Waals surface area contributed by atoms with Gasteiger partial charge in [-0.15, -0.1) is 0 Å². The molecule has 70 valence electrons. The van der Waals surface area contributed by atoms with Crippen molar-refractivity contribution in [2.75, 3.05) is 19.6 Å². The van der Waals surface area contributed by atoms with E-state index in [1.807, 2.05) is 0 Å². The second-order valence-corrected chi connectivity index (χ2v) is 4.14. The molecule has 2 fully saturated rings. The molecule has 0 bridgehead atoms. The SMILES string of the molecule is C1CC[C@H](C2CCNCC2)NC1. The molecule has 2 heteroatoms. The van der Waals surface area contributed by atoms with E-state index in [1.54, 1.807) is 0 Å². The van der Waals surface area contributed by atoms with Gasteiger partial charge in [0, 0.05) is 6.04 Å². The first-order chi connectivity index (χ1) is 5.97. The van der Waals surface area contributed by atoms with Gasteiger partial charge in [0.15, 0.2) is 0 Å². The summed E-state index contributed by atoms with van der Waals surface area (Å²) >= 11 is 0. The van der Waals surface area contributed by atoms with Gasteiger partial charge < -0.3 is 10.6 Å². The minimum absolute atomic E-state index is 0.848. The van der Waals surface area contributed by atoms with Crippen molar-refractivity contribution in [3.8, 4) is 0 Å². The number of piperidine rings is 2. The summed E-state index contributed by atoms with van der Waals surface area (Å²) in [7, 11) is 0. The van der Waals surface area contributed by atoms with Crippen LogP contribution in [0.3, 0.4) is 0 Å². The molecular formula is C10H20N2. The van der Waals surface area contributed by atoms with Gasteiger partial charge in [-0.2, -0.15) is 0 Å². The second-order valence-electron chi connectivity index (χ2n) is 4.14. The van der Waals surface area contributed by atoms with Crippen molar-refractivity contribution in [1.29, 1.82) is 0 Å². The van der Waals surface area contributed by atoms with Gasteiger partial charge in [0.1, 0.15) is 0 Å². The highest BCUT2D eigenvalue weighted by Crippen LogP contribution is 2.22. The average molecular weight is 168 g/mol. The highest BCUT2D eigenvalue weighted by Gasteiger charge is 2.24. The first-order valence-electron chi connectivity index (χ1n) is 5.41. The molecular weight excluding hydrogens is 148 g/mol. The van der Waals surface area contributed by atoms with Crippen molar-refractivity contribution in [2.45, 2.75) is 38.1 Å². The quantitative estimate of drug-likeness (QED) is 0.613. The zero-order chi connectivity index (χ0) is 8.23. The Bertz CT molecular complexity index is 108. The van der Waals surface area contributed by atoms with E-state index in [9.17, 15) is 0 Å². The third-order valence-electron chi connectivity index (χ3n) is 3.30. The van der Waals surface area contributed by atoms with E-state index in [-0.39, 0.29) is 0 Å². The Hall–Kier alpha value is -0.0800. The molecule has 0 aromatic heterocycles. The molecule has 0 aliphatic carbocycles. The summed E-state index contributed by atoms with van der Waals surface area (Å²) in [4.78, 5) is 0. The number of nitrogens with one attached hydrogen (secondary N) is 2. The Morgan fingerprint density at radius 3 is 2.33 bits per heavy atom. The summed E-state index contributed by atoms with van der Waals surface area (Å²) in [6.07, 6.45) is 7.03. The Morgan fingerprint density at radius 1 is 0.833 bits per heavy atom. The van der Waals surface area contributed by atoms with Gasteiger partial charge in [0.05, 0.1) is 0 Å². The molecule has 0 saturated carbocycles. The predicted molar refractivity (Wildman–Crippen MR) is 51.2 cm³/mol. The molecule has 12 heavy (non-hydrogen) atoms. The summed E-state index contributed by atoms with van der Waals surface area (Å²) < 4.78 is 0. The van der Waals surface area contributed by atoms with Crippen LogP contribution in [-0.2, 0) is 0 Å². The fraction of sp³-hybridized carbons (Fsp3) is 1.00. The molecule has 0 spiro atoms. The standard InChI is InChI=1S/C10H20N2/c1-2-6-12-10(3-1)9-4-7-11-8-5-9/h9-12H,1-8H2/t10-/m1/s1. The number of rotatable bonds is 1. The smallest absolute Gasteiger partial charge is 0.00962 e. The summed E-state index contributed by atoms with van der Waals surface area (Å²) in [5, 5.41) is 7.09. The average Bonchev–Trinajstić information content (AvgIpc) is 2.21. The molecule has 2 nitrogen and oxygen atoms in total. The van der Waals surface area contributed by atoms with Crippen molar-refractivity contribution in [3.05, 3.63) is 0 Å². The lowest BCUT2D eigenvalue weighted by Crippen LogP contribution is -2.44. The van der Waals surface area contributed by atoms with Crippen molar-refractivity contribution in [3.63, 3.8) is 0 Å². The van der Waals surface area contributed by atoms with Crippen LogP contribution in [0.5, 0.6) is 0 Å². The highest BCUT2D eigenvalue weighted by molar-refractivity contribution is 4.82. The third kappa shape index (κ3) is 1.99. The minimum Gasteiger partial charge on any atom is -0.317 e. The van der Waals surface area contributed by atoms with Crippen LogP contribution in [0, 0.1) is 5.92 Å². The monoisotopic (exact) mass is 168 g/mol. The summed E-state index contributed by atoms with van der Waals surface area (Å²) in [6, 6.07) is 0.848. The van der Waals surface area contributed by atoms with Crippen molar-refractivity contribution in [1.82, 2.24) is 10.6 Å². The predicted octanol–water partition coefficient (Wildman–Crippen LogP) is 1.13. The lowest BCUT2D eigenvalue weighted by Gasteiger charge is -2.34. The Balaban J connectivity index is 1.80. The van der Waals surface area contributed by atoms with E-state index >= 15 is 0 Å². The van der Waals surface area contributed by atoms with Gasteiger partial charge in [-0.3, -0.25) is 0 Å². The van der Waals surface area contributed by atoms with Gasteiger partial charge in [0.25, 0.3) is 0 Å². The number of hydrogen-bond donors (Lipinski definition) is 2. The summed E-state index contributed by atoms with van der Waals surface area (Å²) in [6.45, 7) is 3.74. The lowest BCUT2D eigenvalue weighted by molar-refractivity contribution is 0.243. The molecule has 2 aliphatic rings. The van der Waals surface area contributed by atoms with Gasteiger partial charge in [-0.1, -0.05) is 6.42 Å². The van der Waals surface area contributed by atoms with E-state index in [1.165, 1.54) is 51.7 Å². The molecule has 2 N–H and O–H groups in total. The molecule has 0 aromatic carbocycles. The zero-order valence-electron chi connectivity index (χ0n) is 7.81. The highest BCUT2D eigenvalue weighted by atomic mass is 14.9. The zero-order valence-corrected chi connectivity index (χ0v) is 7.81. The lowest BCUT2D eigenvalue weighted by atomic mass is 9.86. The van der Waals surface area contributed by atoms with Gasteiger partial charge in [-0.05, 0) is 51.2 Å². The van der Waals surface area contributed by atoms with E-state index < -0.39 is 0 Å². The largest absolute Gasteiger partial charge is 0.317 e. The molecule has 0 unspecified atom stereocenters. The van der Waals surface area contributed by atoms with Crippen molar-refractivity contribution >= 4 is 0 Å². The molecule has 2 saturated heterocycles. The molecule has 0 aromatic rings. The summed E-state index contributed by atoms with van der Waals surface area (Å²) in [5.41, 5.74) is 0. The first-order valence-corrected chi connectivity index (χ1v) is 5.41.